The second kappa shape index (κ2) is 8.45. The lowest BCUT2D eigenvalue weighted by Gasteiger charge is -2.20. The molecule has 0 aromatic heterocycles. The van der Waals surface area contributed by atoms with Gasteiger partial charge in [-0.2, -0.15) is 8.78 Å². The Morgan fingerprint density at radius 1 is 1.11 bits per heavy atom. The molecule has 3 atom stereocenters. The van der Waals surface area contributed by atoms with E-state index < -0.39 is 31.0 Å². The van der Waals surface area contributed by atoms with E-state index in [2.05, 4.69) is 10.1 Å². The maximum Gasteiger partial charge on any atom is 0.387 e. The molecule has 2 aliphatic rings. The van der Waals surface area contributed by atoms with Gasteiger partial charge >= 0.3 is 12.6 Å². The molecule has 0 aliphatic heterocycles. The van der Waals surface area contributed by atoms with Gasteiger partial charge < -0.3 is 9.47 Å². The standard InChI is InChI=1S/C19H21F2NO5/c20-19(21)27-15-5-3-12(4-6-15)18(25)22-16(23)10-26-17(24)9-14-8-11-1-2-13(14)7-11/h3-6,11,13-14,19H,1-2,7-10H2,(H,22,23,25)/t11-,13+,14+/m0/s1. The molecule has 0 heterocycles. The predicted octanol–water partition coefficient (Wildman–Crippen LogP) is 2.91. The van der Waals surface area contributed by atoms with Crippen molar-refractivity contribution in [1.29, 1.82) is 0 Å². The van der Waals surface area contributed by atoms with E-state index in [1.54, 1.807) is 0 Å². The first-order valence-electron chi connectivity index (χ1n) is 8.95. The highest BCUT2D eigenvalue weighted by Gasteiger charge is 2.40. The van der Waals surface area contributed by atoms with Crippen LogP contribution in [-0.4, -0.2) is 31.0 Å². The van der Waals surface area contributed by atoms with E-state index in [0.717, 1.165) is 12.3 Å². The lowest BCUT2D eigenvalue weighted by atomic mass is 9.86. The van der Waals surface area contributed by atoms with Crippen molar-refractivity contribution in [3.8, 4) is 5.75 Å². The lowest BCUT2D eigenvalue weighted by molar-refractivity contribution is -0.149. The Kier molecular flexibility index (Phi) is 6.03. The van der Waals surface area contributed by atoms with Crippen LogP contribution in [0.3, 0.4) is 0 Å². The third-order valence-corrected chi connectivity index (χ3v) is 5.27. The van der Waals surface area contributed by atoms with Crippen LogP contribution in [0.25, 0.3) is 0 Å². The zero-order valence-electron chi connectivity index (χ0n) is 14.7. The molecule has 0 spiro atoms. The molecule has 3 rings (SSSR count). The fourth-order valence-corrected chi connectivity index (χ4v) is 4.07. The smallest absolute Gasteiger partial charge is 0.387 e. The van der Waals surface area contributed by atoms with Gasteiger partial charge in [0.2, 0.25) is 0 Å². The van der Waals surface area contributed by atoms with Crippen LogP contribution >= 0.6 is 0 Å². The fourth-order valence-electron chi connectivity index (χ4n) is 4.07. The molecule has 2 saturated carbocycles. The van der Waals surface area contributed by atoms with Crippen molar-refractivity contribution in [2.24, 2.45) is 17.8 Å². The molecule has 0 saturated heterocycles. The van der Waals surface area contributed by atoms with E-state index in [0.29, 0.717) is 18.3 Å². The Morgan fingerprint density at radius 3 is 2.44 bits per heavy atom. The first-order valence-corrected chi connectivity index (χ1v) is 8.95. The van der Waals surface area contributed by atoms with Crippen LogP contribution in [0.5, 0.6) is 5.75 Å². The van der Waals surface area contributed by atoms with Gasteiger partial charge in [-0.05, 0) is 61.3 Å². The van der Waals surface area contributed by atoms with Gasteiger partial charge in [-0.3, -0.25) is 19.7 Å². The molecule has 0 radical (unpaired) electrons. The van der Waals surface area contributed by atoms with Crippen LogP contribution in [0.4, 0.5) is 8.78 Å². The minimum atomic E-state index is -2.96. The average Bonchev–Trinajstić information content (AvgIpc) is 3.23. The number of carbonyl (C=O) groups is 3. The Labute approximate surface area is 155 Å². The second-order valence-electron chi connectivity index (χ2n) is 7.08. The summed E-state index contributed by atoms with van der Waals surface area (Å²) in [6.07, 6.45) is 4.96. The number of ether oxygens (including phenoxy) is 2. The molecule has 1 aromatic carbocycles. The van der Waals surface area contributed by atoms with Gasteiger partial charge in [-0.15, -0.1) is 0 Å². The number of hydrogen-bond donors (Lipinski definition) is 1. The van der Waals surface area contributed by atoms with Gasteiger partial charge in [-0.1, -0.05) is 6.42 Å². The van der Waals surface area contributed by atoms with Gasteiger partial charge in [0, 0.05) is 12.0 Å². The van der Waals surface area contributed by atoms with Crippen molar-refractivity contribution in [2.45, 2.75) is 38.7 Å². The molecular weight excluding hydrogens is 360 g/mol. The number of amides is 2. The van der Waals surface area contributed by atoms with Gasteiger partial charge in [0.15, 0.2) is 6.61 Å². The minimum absolute atomic E-state index is 0.0950. The molecule has 0 unspecified atom stereocenters. The zero-order valence-corrected chi connectivity index (χ0v) is 14.7. The highest BCUT2D eigenvalue weighted by Crippen LogP contribution is 2.49. The van der Waals surface area contributed by atoms with Crippen molar-refractivity contribution in [1.82, 2.24) is 5.32 Å². The molecule has 1 aromatic rings. The van der Waals surface area contributed by atoms with Crippen LogP contribution in [0, 0.1) is 17.8 Å². The van der Waals surface area contributed by atoms with Crippen molar-refractivity contribution in [3.05, 3.63) is 29.8 Å². The van der Waals surface area contributed by atoms with E-state index in [9.17, 15) is 23.2 Å². The summed E-state index contributed by atoms with van der Waals surface area (Å²) in [5.41, 5.74) is 0.0956. The molecule has 2 fully saturated rings. The van der Waals surface area contributed by atoms with E-state index in [1.807, 2.05) is 0 Å². The van der Waals surface area contributed by atoms with Crippen molar-refractivity contribution in [2.75, 3.05) is 6.61 Å². The fraction of sp³-hybridized carbons (Fsp3) is 0.526. The van der Waals surface area contributed by atoms with E-state index in [-0.39, 0.29) is 11.3 Å². The average molecular weight is 381 g/mol. The molecule has 1 N–H and O–H groups in total. The maximum atomic E-state index is 12.1. The summed E-state index contributed by atoms with van der Waals surface area (Å²) in [6, 6.07) is 4.89. The Morgan fingerprint density at radius 2 is 1.85 bits per heavy atom. The van der Waals surface area contributed by atoms with Gasteiger partial charge in [0.25, 0.3) is 11.8 Å². The SMILES string of the molecule is O=C(COC(=O)C[C@H]1C[C@H]2CC[C@@H]1C2)NC(=O)c1ccc(OC(F)F)cc1. The first kappa shape index (κ1) is 19.3. The van der Waals surface area contributed by atoms with E-state index in [1.165, 1.54) is 43.5 Å². The molecule has 2 amide bonds. The van der Waals surface area contributed by atoms with Crippen molar-refractivity contribution >= 4 is 17.8 Å². The van der Waals surface area contributed by atoms with E-state index in [4.69, 9.17) is 4.74 Å². The number of imide groups is 1. The predicted molar refractivity (Wildman–Crippen MR) is 90.1 cm³/mol. The molecule has 2 aliphatic carbocycles. The van der Waals surface area contributed by atoms with Crippen LogP contribution in [-0.2, 0) is 14.3 Å². The van der Waals surface area contributed by atoms with Crippen LogP contribution < -0.4 is 10.1 Å². The topological polar surface area (TPSA) is 81.7 Å². The van der Waals surface area contributed by atoms with Crippen molar-refractivity contribution < 1.29 is 32.6 Å². The Bertz CT molecular complexity index is 707. The first-order chi connectivity index (χ1) is 12.9. The highest BCUT2D eigenvalue weighted by atomic mass is 19.3. The van der Waals surface area contributed by atoms with Gasteiger partial charge in [0.1, 0.15) is 5.75 Å². The monoisotopic (exact) mass is 381 g/mol. The number of hydrogen-bond acceptors (Lipinski definition) is 5. The normalized spacial score (nSPS) is 23.3. The molecule has 2 bridgehead atoms. The quantitative estimate of drug-likeness (QED) is 0.735. The second-order valence-corrected chi connectivity index (χ2v) is 7.08. The summed E-state index contributed by atoms with van der Waals surface area (Å²) in [5, 5.41) is 2.09. The third kappa shape index (κ3) is 5.24. The largest absolute Gasteiger partial charge is 0.456 e. The number of rotatable bonds is 7. The molecule has 6 nitrogen and oxygen atoms in total. The highest BCUT2D eigenvalue weighted by molar-refractivity contribution is 6.05. The summed E-state index contributed by atoms with van der Waals surface area (Å²) in [6.45, 7) is -3.49. The maximum absolute atomic E-state index is 12.1. The van der Waals surface area contributed by atoms with Gasteiger partial charge in [0.05, 0.1) is 0 Å². The number of carbonyl (C=O) groups excluding carboxylic acids is 3. The molecular formula is C19H21F2NO5. The van der Waals surface area contributed by atoms with Gasteiger partial charge in [-0.25, -0.2) is 0 Å². The number of nitrogens with one attached hydrogen (secondary N) is 1. The zero-order chi connectivity index (χ0) is 19.4. The van der Waals surface area contributed by atoms with Crippen molar-refractivity contribution in [3.63, 3.8) is 0 Å². The number of benzene rings is 1. The number of esters is 1. The third-order valence-electron chi connectivity index (χ3n) is 5.27. The molecule has 146 valence electrons. The number of fused-ring (bicyclic) bond motifs is 2. The summed E-state index contributed by atoms with van der Waals surface area (Å²) < 4.78 is 33.3. The summed E-state index contributed by atoms with van der Waals surface area (Å²) in [5.74, 6) is -0.316. The van der Waals surface area contributed by atoms with E-state index >= 15 is 0 Å². The number of alkyl halides is 2. The summed E-state index contributed by atoms with van der Waals surface area (Å²) in [7, 11) is 0. The summed E-state index contributed by atoms with van der Waals surface area (Å²) >= 11 is 0. The van der Waals surface area contributed by atoms with Crippen LogP contribution in [0.1, 0.15) is 42.5 Å². The molecule has 8 heteroatoms. The van der Waals surface area contributed by atoms with Crippen LogP contribution in [0.2, 0.25) is 0 Å². The number of halogens is 2. The van der Waals surface area contributed by atoms with Crippen LogP contribution in [0.15, 0.2) is 24.3 Å². The Balaban J connectivity index is 1.39. The minimum Gasteiger partial charge on any atom is -0.456 e. The lowest BCUT2D eigenvalue weighted by Crippen LogP contribution is -2.34. The molecule has 27 heavy (non-hydrogen) atoms. The Hall–Kier alpha value is -2.51. The summed E-state index contributed by atoms with van der Waals surface area (Å²) in [4.78, 5) is 35.6.